The van der Waals surface area contributed by atoms with Crippen LogP contribution in [0.2, 0.25) is 0 Å². The molecule has 0 aliphatic carbocycles. The van der Waals surface area contributed by atoms with E-state index >= 15 is 0 Å². The second-order valence-corrected chi connectivity index (χ2v) is 7.81. The topological polar surface area (TPSA) is 90.0 Å². The van der Waals surface area contributed by atoms with E-state index in [2.05, 4.69) is 5.10 Å². The fraction of sp³-hybridized carbons (Fsp3) is 0.353. The molecule has 1 heterocycles. The van der Waals surface area contributed by atoms with Crippen LogP contribution in [0, 0.1) is 25.5 Å². The maximum atomic E-state index is 14.3. The fourth-order valence-corrected chi connectivity index (χ4v) is 3.48. The Morgan fingerprint density at radius 3 is 2.56 bits per heavy atom. The molecule has 0 unspecified atom stereocenters. The number of benzene rings is 1. The Kier molecular flexibility index (Phi) is 6.45. The molecular formula is C17H21F3N4O2S. The van der Waals surface area contributed by atoms with E-state index in [4.69, 9.17) is 5.73 Å². The number of rotatable bonds is 7. The maximum absolute atomic E-state index is 14.3. The molecule has 0 aliphatic rings. The van der Waals surface area contributed by atoms with Crippen molar-refractivity contribution in [2.24, 2.45) is 5.73 Å². The third-order valence-electron chi connectivity index (χ3n) is 4.20. The van der Waals surface area contributed by atoms with Crippen LogP contribution in [0.25, 0.3) is 0 Å². The summed E-state index contributed by atoms with van der Waals surface area (Å²) < 4.78 is 69.1. The standard InChI is InChI=1S/C17H21F3N4O2S/c1-10-14(7-13(18)4-5-21)11(2)24(23-10)9-12-6-16(20)17(8-15(12)19)27(25,26)22-3/h4,6,8,22H,5,7,9,21H2,1-3H3/b13-4-. The molecule has 1 aromatic carbocycles. The van der Waals surface area contributed by atoms with Crippen LogP contribution in [0.3, 0.4) is 0 Å². The van der Waals surface area contributed by atoms with Gasteiger partial charge in [0.1, 0.15) is 22.4 Å². The minimum absolute atomic E-state index is 0.00502. The van der Waals surface area contributed by atoms with Gasteiger partial charge < -0.3 is 5.73 Å². The van der Waals surface area contributed by atoms with E-state index in [1.807, 2.05) is 4.72 Å². The summed E-state index contributed by atoms with van der Waals surface area (Å²) in [4.78, 5) is -0.769. The number of aryl methyl sites for hydroxylation is 1. The number of nitrogens with zero attached hydrogens (tertiary/aromatic N) is 2. The van der Waals surface area contributed by atoms with Crippen LogP contribution in [0.5, 0.6) is 0 Å². The number of sulfonamides is 1. The van der Waals surface area contributed by atoms with Crippen LogP contribution in [-0.2, 0) is 23.0 Å². The molecule has 0 spiro atoms. The average molecular weight is 402 g/mol. The molecule has 27 heavy (non-hydrogen) atoms. The normalized spacial score (nSPS) is 12.6. The summed E-state index contributed by atoms with van der Waals surface area (Å²) in [6.45, 7) is 3.33. The Labute approximate surface area is 155 Å². The van der Waals surface area contributed by atoms with E-state index < -0.39 is 32.4 Å². The summed E-state index contributed by atoms with van der Waals surface area (Å²) in [6, 6.07) is 1.46. The van der Waals surface area contributed by atoms with Crippen molar-refractivity contribution in [3.8, 4) is 0 Å². The molecule has 0 radical (unpaired) electrons. The van der Waals surface area contributed by atoms with Crippen molar-refractivity contribution in [1.29, 1.82) is 0 Å². The Bertz CT molecular complexity index is 985. The van der Waals surface area contributed by atoms with Crippen LogP contribution in [0.15, 0.2) is 28.9 Å². The van der Waals surface area contributed by atoms with Crippen molar-refractivity contribution in [3.63, 3.8) is 0 Å². The third kappa shape index (κ3) is 4.57. The number of aromatic nitrogens is 2. The van der Waals surface area contributed by atoms with Gasteiger partial charge in [0.2, 0.25) is 10.0 Å². The molecule has 6 nitrogen and oxygen atoms in total. The summed E-state index contributed by atoms with van der Waals surface area (Å²) in [7, 11) is -3.01. The highest BCUT2D eigenvalue weighted by molar-refractivity contribution is 7.89. The number of allylic oxidation sites excluding steroid dienone is 1. The monoisotopic (exact) mass is 402 g/mol. The Balaban J connectivity index is 2.38. The first-order chi connectivity index (χ1) is 12.6. The molecule has 2 rings (SSSR count). The fourth-order valence-electron chi connectivity index (χ4n) is 2.68. The predicted molar refractivity (Wildman–Crippen MR) is 95.4 cm³/mol. The van der Waals surface area contributed by atoms with Crippen LogP contribution >= 0.6 is 0 Å². The van der Waals surface area contributed by atoms with E-state index in [9.17, 15) is 21.6 Å². The minimum Gasteiger partial charge on any atom is -0.327 e. The second-order valence-electron chi connectivity index (χ2n) is 5.95. The SMILES string of the molecule is CNS(=O)(=O)c1cc(F)c(Cn2nc(C)c(C/C(F)=C/CN)c2C)cc1F. The van der Waals surface area contributed by atoms with Crippen LogP contribution in [-0.4, -0.2) is 31.8 Å². The molecule has 2 aromatic rings. The quantitative estimate of drug-likeness (QED) is 0.742. The van der Waals surface area contributed by atoms with Crippen molar-refractivity contribution in [1.82, 2.24) is 14.5 Å². The first-order valence-corrected chi connectivity index (χ1v) is 9.58. The largest absolute Gasteiger partial charge is 0.327 e. The molecule has 148 valence electrons. The highest BCUT2D eigenvalue weighted by atomic mass is 32.2. The number of nitrogens with two attached hydrogens (primary N) is 1. The van der Waals surface area contributed by atoms with Gasteiger partial charge in [-0.2, -0.15) is 5.10 Å². The summed E-state index contributed by atoms with van der Waals surface area (Å²) in [5.41, 5.74) is 7.00. The second kappa shape index (κ2) is 8.24. The number of hydrogen-bond donors (Lipinski definition) is 2. The molecule has 0 amide bonds. The van der Waals surface area contributed by atoms with Crippen molar-refractivity contribution >= 4 is 10.0 Å². The zero-order chi connectivity index (χ0) is 20.4. The van der Waals surface area contributed by atoms with E-state index in [1.165, 1.54) is 10.8 Å². The van der Waals surface area contributed by atoms with Gasteiger partial charge in [-0.25, -0.2) is 26.3 Å². The van der Waals surface area contributed by atoms with E-state index in [1.54, 1.807) is 13.8 Å². The summed E-state index contributed by atoms with van der Waals surface area (Å²) in [6.07, 6.45) is 1.26. The molecule has 0 atom stereocenters. The molecular weight excluding hydrogens is 381 g/mol. The lowest BCUT2D eigenvalue weighted by atomic mass is 10.1. The number of hydrogen-bond acceptors (Lipinski definition) is 4. The highest BCUT2D eigenvalue weighted by Gasteiger charge is 2.21. The lowest BCUT2D eigenvalue weighted by molar-refractivity contribution is 0.533. The Morgan fingerprint density at radius 1 is 1.30 bits per heavy atom. The van der Waals surface area contributed by atoms with E-state index in [0.29, 0.717) is 23.0 Å². The predicted octanol–water partition coefficient (Wildman–Crippen LogP) is 2.09. The first-order valence-electron chi connectivity index (χ1n) is 8.09. The third-order valence-corrected chi connectivity index (χ3v) is 5.62. The van der Waals surface area contributed by atoms with Crippen molar-refractivity contribution < 1.29 is 21.6 Å². The minimum atomic E-state index is -4.12. The lowest BCUT2D eigenvalue weighted by Gasteiger charge is -2.10. The van der Waals surface area contributed by atoms with Gasteiger partial charge >= 0.3 is 0 Å². The molecule has 0 bridgehead atoms. The highest BCUT2D eigenvalue weighted by Crippen LogP contribution is 2.23. The van der Waals surface area contributed by atoms with Gasteiger partial charge in [0.15, 0.2) is 0 Å². The zero-order valence-corrected chi connectivity index (χ0v) is 16.0. The first kappa shape index (κ1) is 21.1. The summed E-state index contributed by atoms with van der Waals surface area (Å²) >= 11 is 0. The van der Waals surface area contributed by atoms with Crippen molar-refractivity contribution in [2.75, 3.05) is 13.6 Å². The molecule has 3 N–H and O–H groups in total. The van der Waals surface area contributed by atoms with Gasteiger partial charge in [0.25, 0.3) is 0 Å². The Hall–Kier alpha value is -2.17. The zero-order valence-electron chi connectivity index (χ0n) is 15.2. The smallest absolute Gasteiger partial charge is 0.243 e. The van der Waals surface area contributed by atoms with Gasteiger partial charge in [0, 0.05) is 29.8 Å². The molecule has 0 aliphatic heterocycles. The van der Waals surface area contributed by atoms with Gasteiger partial charge in [0.05, 0.1) is 12.2 Å². The number of nitrogens with one attached hydrogen (secondary N) is 1. The maximum Gasteiger partial charge on any atom is 0.243 e. The molecule has 1 aromatic heterocycles. The van der Waals surface area contributed by atoms with Gasteiger partial charge in [-0.3, -0.25) is 4.68 Å². The molecule has 0 saturated carbocycles. The Morgan fingerprint density at radius 2 is 1.96 bits per heavy atom. The van der Waals surface area contributed by atoms with Gasteiger partial charge in [-0.1, -0.05) is 0 Å². The lowest BCUT2D eigenvalue weighted by Crippen LogP contribution is -2.20. The molecule has 0 saturated heterocycles. The van der Waals surface area contributed by atoms with Crippen LogP contribution in [0.4, 0.5) is 13.2 Å². The molecule has 10 heteroatoms. The van der Waals surface area contributed by atoms with Crippen LogP contribution in [0.1, 0.15) is 22.5 Å². The van der Waals surface area contributed by atoms with Crippen molar-refractivity contribution in [3.05, 3.63) is 58.2 Å². The summed E-state index contributed by atoms with van der Waals surface area (Å²) in [5.74, 6) is -2.35. The summed E-state index contributed by atoms with van der Waals surface area (Å²) in [5, 5.41) is 4.25. The molecule has 0 fully saturated rings. The van der Waals surface area contributed by atoms with Gasteiger partial charge in [-0.05, 0) is 39.1 Å². The van der Waals surface area contributed by atoms with E-state index in [-0.39, 0.29) is 25.1 Å². The van der Waals surface area contributed by atoms with Gasteiger partial charge in [-0.15, -0.1) is 0 Å². The van der Waals surface area contributed by atoms with Crippen LogP contribution < -0.4 is 10.5 Å². The average Bonchev–Trinajstić information content (AvgIpc) is 2.85. The number of halogens is 3. The van der Waals surface area contributed by atoms with E-state index in [0.717, 1.165) is 13.1 Å². The van der Waals surface area contributed by atoms with Crippen molar-refractivity contribution in [2.45, 2.75) is 31.7 Å².